The van der Waals surface area contributed by atoms with Gasteiger partial charge in [0.2, 0.25) is 5.91 Å². The summed E-state index contributed by atoms with van der Waals surface area (Å²) in [5, 5.41) is 9.29. The maximum Gasteiger partial charge on any atom is 0.233 e. The van der Waals surface area contributed by atoms with Crippen molar-refractivity contribution in [2.75, 3.05) is 19.4 Å². The number of benzene rings is 2. The fourth-order valence-electron chi connectivity index (χ4n) is 2.32. The summed E-state index contributed by atoms with van der Waals surface area (Å²) in [7, 11) is 1.81. The normalized spacial score (nSPS) is 11.9. The van der Waals surface area contributed by atoms with Crippen LogP contribution in [0.5, 0.6) is 0 Å². The summed E-state index contributed by atoms with van der Waals surface area (Å²) < 4.78 is 0. The first-order valence-corrected chi connectivity index (χ1v) is 8.30. The van der Waals surface area contributed by atoms with E-state index >= 15 is 0 Å². The van der Waals surface area contributed by atoms with Crippen LogP contribution in [0.4, 0.5) is 0 Å². The SMILES string of the molecule is CN(C(=O)CSc1ccccc1)C(CCO)c1ccccc1. The predicted molar refractivity (Wildman–Crippen MR) is 90.8 cm³/mol. The third-order valence-corrected chi connectivity index (χ3v) is 4.55. The summed E-state index contributed by atoms with van der Waals surface area (Å²) in [6.45, 7) is 0.0585. The largest absolute Gasteiger partial charge is 0.396 e. The number of thioether (sulfide) groups is 1. The van der Waals surface area contributed by atoms with Crippen molar-refractivity contribution in [3.05, 3.63) is 66.2 Å². The van der Waals surface area contributed by atoms with E-state index in [4.69, 9.17) is 0 Å². The average molecular weight is 315 g/mol. The molecule has 0 aliphatic heterocycles. The van der Waals surface area contributed by atoms with E-state index in [1.54, 1.807) is 11.9 Å². The van der Waals surface area contributed by atoms with Crippen LogP contribution >= 0.6 is 11.8 Å². The number of rotatable bonds is 7. The summed E-state index contributed by atoms with van der Waals surface area (Å²) in [5.74, 6) is 0.464. The fourth-order valence-corrected chi connectivity index (χ4v) is 3.16. The monoisotopic (exact) mass is 315 g/mol. The van der Waals surface area contributed by atoms with Gasteiger partial charge < -0.3 is 10.0 Å². The highest BCUT2D eigenvalue weighted by atomic mass is 32.2. The van der Waals surface area contributed by atoms with Crippen LogP contribution < -0.4 is 0 Å². The molecule has 0 fully saturated rings. The molecule has 2 rings (SSSR count). The third kappa shape index (κ3) is 4.61. The number of carbonyl (C=O) groups is 1. The van der Waals surface area contributed by atoms with Gasteiger partial charge in [0, 0.05) is 18.6 Å². The summed E-state index contributed by atoms with van der Waals surface area (Å²) in [5.41, 5.74) is 1.05. The molecule has 2 aromatic carbocycles. The molecule has 0 aromatic heterocycles. The molecule has 3 nitrogen and oxygen atoms in total. The second-order valence-corrected chi connectivity index (χ2v) is 6.09. The number of hydrogen-bond donors (Lipinski definition) is 1. The lowest BCUT2D eigenvalue weighted by Crippen LogP contribution is -2.33. The zero-order valence-electron chi connectivity index (χ0n) is 12.7. The maximum absolute atomic E-state index is 12.4. The minimum Gasteiger partial charge on any atom is -0.396 e. The van der Waals surface area contributed by atoms with Gasteiger partial charge in [-0.2, -0.15) is 0 Å². The molecule has 1 N–H and O–H groups in total. The summed E-state index contributed by atoms with van der Waals surface area (Å²) >= 11 is 1.53. The van der Waals surface area contributed by atoms with E-state index in [1.165, 1.54) is 11.8 Å². The lowest BCUT2D eigenvalue weighted by Gasteiger charge is -2.28. The van der Waals surface area contributed by atoms with Crippen LogP contribution in [0.15, 0.2) is 65.6 Å². The standard InChI is InChI=1S/C18H21NO2S/c1-19(17(12-13-20)15-8-4-2-5-9-15)18(21)14-22-16-10-6-3-7-11-16/h2-11,17,20H,12-14H2,1H3. The molecule has 22 heavy (non-hydrogen) atoms. The van der Waals surface area contributed by atoms with Crippen molar-refractivity contribution in [1.29, 1.82) is 0 Å². The van der Waals surface area contributed by atoms with Crippen LogP contribution in [0, 0.1) is 0 Å². The number of amides is 1. The molecular formula is C18H21NO2S. The molecule has 1 unspecified atom stereocenters. The molecule has 2 aromatic rings. The Labute approximate surface area is 136 Å². The van der Waals surface area contributed by atoms with Gasteiger partial charge in [-0.25, -0.2) is 0 Å². The van der Waals surface area contributed by atoms with Crippen LogP contribution in [-0.2, 0) is 4.79 Å². The number of aliphatic hydroxyl groups excluding tert-OH is 1. The van der Waals surface area contributed by atoms with Crippen molar-refractivity contribution < 1.29 is 9.90 Å². The lowest BCUT2D eigenvalue weighted by molar-refractivity contribution is -0.129. The molecule has 0 bridgehead atoms. The summed E-state index contributed by atoms with van der Waals surface area (Å²) in [6, 6.07) is 19.7. The first-order chi connectivity index (χ1) is 10.7. The van der Waals surface area contributed by atoms with Gasteiger partial charge in [-0.15, -0.1) is 11.8 Å². The third-order valence-electron chi connectivity index (χ3n) is 3.55. The van der Waals surface area contributed by atoms with Crippen molar-refractivity contribution in [2.24, 2.45) is 0 Å². The first kappa shape index (κ1) is 16.6. The highest BCUT2D eigenvalue weighted by molar-refractivity contribution is 8.00. The minimum absolute atomic E-state index is 0.0585. The van der Waals surface area contributed by atoms with Crippen LogP contribution in [-0.4, -0.2) is 35.3 Å². The zero-order valence-corrected chi connectivity index (χ0v) is 13.5. The molecule has 4 heteroatoms. The Balaban J connectivity index is 2.00. The van der Waals surface area contributed by atoms with E-state index in [0.29, 0.717) is 12.2 Å². The fraction of sp³-hybridized carbons (Fsp3) is 0.278. The van der Waals surface area contributed by atoms with E-state index in [0.717, 1.165) is 10.5 Å². The second kappa shape index (κ2) is 8.61. The van der Waals surface area contributed by atoms with Gasteiger partial charge in [-0.1, -0.05) is 48.5 Å². The molecule has 1 atom stereocenters. The highest BCUT2D eigenvalue weighted by Gasteiger charge is 2.21. The minimum atomic E-state index is -0.0879. The topological polar surface area (TPSA) is 40.5 Å². The Morgan fingerprint density at radius 1 is 1.09 bits per heavy atom. The predicted octanol–water partition coefficient (Wildman–Crippen LogP) is 3.36. The molecule has 0 aliphatic carbocycles. The van der Waals surface area contributed by atoms with Crippen LogP contribution in [0.3, 0.4) is 0 Å². The number of carbonyl (C=O) groups excluding carboxylic acids is 1. The number of hydrogen-bond acceptors (Lipinski definition) is 3. The lowest BCUT2D eigenvalue weighted by atomic mass is 10.0. The van der Waals surface area contributed by atoms with Gasteiger partial charge in [0.15, 0.2) is 0 Å². The van der Waals surface area contributed by atoms with Gasteiger partial charge in [0.1, 0.15) is 0 Å². The zero-order chi connectivity index (χ0) is 15.8. The number of nitrogens with zero attached hydrogens (tertiary/aromatic N) is 1. The van der Waals surface area contributed by atoms with Crippen LogP contribution in [0.25, 0.3) is 0 Å². The number of aliphatic hydroxyl groups is 1. The second-order valence-electron chi connectivity index (χ2n) is 5.05. The Morgan fingerprint density at radius 3 is 2.27 bits per heavy atom. The molecule has 0 heterocycles. The van der Waals surface area contributed by atoms with E-state index in [2.05, 4.69) is 0 Å². The van der Waals surface area contributed by atoms with Crippen molar-refractivity contribution in [1.82, 2.24) is 4.90 Å². The van der Waals surface area contributed by atoms with Gasteiger partial charge in [-0.3, -0.25) is 4.79 Å². The van der Waals surface area contributed by atoms with Crippen molar-refractivity contribution in [2.45, 2.75) is 17.4 Å². The van der Waals surface area contributed by atoms with E-state index in [1.807, 2.05) is 60.7 Å². The van der Waals surface area contributed by atoms with Crippen molar-refractivity contribution in [3.63, 3.8) is 0 Å². The molecule has 0 aliphatic rings. The molecule has 0 saturated carbocycles. The first-order valence-electron chi connectivity index (χ1n) is 7.31. The van der Waals surface area contributed by atoms with Gasteiger partial charge in [0.25, 0.3) is 0 Å². The van der Waals surface area contributed by atoms with Crippen molar-refractivity contribution >= 4 is 17.7 Å². The molecule has 0 saturated heterocycles. The molecule has 116 valence electrons. The van der Waals surface area contributed by atoms with E-state index < -0.39 is 0 Å². The smallest absolute Gasteiger partial charge is 0.233 e. The summed E-state index contributed by atoms with van der Waals surface area (Å²) in [4.78, 5) is 15.3. The Kier molecular flexibility index (Phi) is 6.49. The molecular weight excluding hydrogens is 294 g/mol. The van der Waals surface area contributed by atoms with Crippen molar-refractivity contribution in [3.8, 4) is 0 Å². The van der Waals surface area contributed by atoms with Crippen LogP contribution in [0.1, 0.15) is 18.0 Å². The summed E-state index contributed by atoms with van der Waals surface area (Å²) in [6.07, 6.45) is 0.544. The Morgan fingerprint density at radius 2 is 1.68 bits per heavy atom. The molecule has 0 radical (unpaired) electrons. The quantitative estimate of drug-likeness (QED) is 0.797. The molecule has 0 spiro atoms. The average Bonchev–Trinajstić information content (AvgIpc) is 2.58. The van der Waals surface area contributed by atoms with E-state index in [-0.39, 0.29) is 18.6 Å². The Bertz CT molecular complexity index is 574. The highest BCUT2D eigenvalue weighted by Crippen LogP contribution is 2.25. The van der Waals surface area contributed by atoms with Gasteiger partial charge in [0.05, 0.1) is 11.8 Å². The molecule has 1 amide bonds. The van der Waals surface area contributed by atoms with Gasteiger partial charge in [-0.05, 0) is 24.1 Å². The van der Waals surface area contributed by atoms with Crippen LogP contribution in [0.2, 0.25) is 0 Å². The van der Waals surface area contributed by atoms with E-state index in [9.17, 15) is 9.90 Å². The maximum atomic E-state index is 12.4. The Hall–Kier alpha value is -1.78. The van der Waals surface area contributed by atoms with Gasteiger partial charge >= 0.3 is 0 Å².